The van der Waals surface area contributed by atoms with Crippen molar-refractivity contribution in [2.45, 2.75) is 24.7 Å². The summed E-state index contributed by atoms with van der Waals surface area (Å²) in [5, 5.41) is 10.5. The second kappa shape index (κ2) is 4.54. The summed E-state index contributed by atoms with van der Waals surface area (Å²) in [6, 6.07) is -0.130. The molecular weight excluding hydrogens is 248 g/mol. The van der Waals surface area contributed by atoms with Gasteiger partial charge in [-0.1, -0.05) is 15.9 Å². The van der Waals surface area contributed by atoms with Crippen molar-refractivity contribution in [3.8, 4) is 0 Å². The van der Waals surface area contributed by atoms with E-state index in [4.69, 9.17) is 0 Å². The Morgan fingerprint density at radius 2 is 2.29 bits per heavy atom. The highest BCUT2D eigenvalue weighted by molar-refractivity contribution is 9.10. The molecule has 2 atom stereocenters. The van der Waals surface area contributed by atoms with Crippen LogP contribution in [0.2, 0.25) is 0 Å². The predicted molar refractivity (Wildman–Crippen MR) is 55.9 cm³/mol. The number of aryl methyl sites for hydroxylation is 1. The van der Waals surface area contributed by atoms with Gasteiger partial charge in [-0.2, -0.15) is 0 Å². The third-order valence-electron chi connectivity index (χ3n) is 1.85. The molecule has 0 saturated heterocycles. The van der Waals surface area contributed by atoms with Crippen molar-refractivity contribution in [1.29, 1.82) is 0 Å². The summed E-state index contributed by atoms with van der Waals surface area (Å²) < 4.78 is 1.78. The first-order valence-corrected chi connectivity index (χ1v) is 5.22. The number of nitrogens with zero attached hydrogens (tertiary/aromatic N) is 3. The van der Waals surface area contributed by atoms with Gasteiger partial charge in [0.25, 0.3) is 0 Å². The van der Waals surface area contributed by atoms with E-state index in [1.165, 1.54) is 0 Å². The van der Waals surface area contributed by atoms with Crippen LogP contribution in [0.5, 0.6) is 0 Å². The molecule has 0 saturated carbocycles. The van der Waals surface area contributed by atoms with Crippen LogP contribution in [0.15, 0.2) is 6.33 Å². The number of nitrogens with one attached hydrogen (secondary N) is 1. The molecule has 0 bridgehead atoms. The maximum atomic E-state index is 11.3. The molecule has 0 radical (unpaired) electrons. The van der Waals surface area contributed by atoms with E-state index in [0.29, 0.717) is 0 Å². The first-order chi connectivity index (χ1) is 6.52. The summed E-state index contributed by atoms with van der Waals surface area (Å²) in [5.41, 5.74) is 0. The van der Waals surface area contributed by atoms with Crippen LogP contribution in [0.4, 0.5) is 0 Å². The number of aromatic nitrogens is 3. The number of carbonyl (C=O) groups excluding carboxylic acids is 1. The minimum absolute atomic E-state index is 0.0551. The van der Waals surface area contributed by atoms with Crippen LogP contribution >= 0.6 is 15.9 Å². The van der Waals surface area contributed by atoms with E-state index in [1.54, 1.807) is 17.8 Å². The molecule has 1 aromatic heterocycles. The zero-order valence-electron chi connectivity index (χ0n) is 8.36. The molecule has 1 amide bonds. The lowest BCUT2D eigenvalue weighted by atomic mass is 10.3. The lowest BCUT2D eigenvalue weighted by molar-refractivity contribution is -0.120. The topological polar surface area (TPSA) is 59.8 Å². The Labute approximate surface area is 91.0 Å². The number of hydrogen-bond donors (Lipinski definition) is 1. The maximum Gasteiger partial charge on any atom is 0.234 e. The molecule has 6 heteroatoms. The minimum atomic E-state index is -0.196. The summed E-state index contributed by atoms with van der Waals surface area (Å²) in [5.74, 6) is 0.687. The average Bonchev–Trinajstić information content (AvgIpc) is 2.51. The van der Waals surface area contributed by atoms with Crippen LogP contribution in [0.3, 0.4) is 0 Å². The van der Waals surface area contributed by atoms with Crippen LogP contribution in [0.25, 0.3) is 0 Å². The lowest BCUT2D eigenvalue weighted by Crippen LogP contribution is -2.32. The van der Waals surface area contributed by atoms with Gasteiger partial charge in [0.05, 0.1) is 10.9 Å². The smallest absolute Gasteiger partial charge is 0.234 e. The molecule has 14 heavy (non-hydrogen) atoms. The highest BCUT2D eigenvalue weighted by Gasteiger charge is 2.16. The fourth-order valence-electron chi connectivity index (χ4n) is 1.08. The fourth-order valence-corrected chi connectivity index (χ4v) is 1.21. The maximum absolute atomic E-state index is 11.3. The Morgan fingerprint density at radius 3 is 2.71 bits per heavy atom. The van der Waals surface area contributed by atoms with Gasteiger partial charge < -0.3 is 9.88 Å². The molecule has 1 rings (SSSR count). The molecule has 0 aromatic carbocycles. The number of alkyl halides is 1. The second-order valence-electron chi connectivity index (χ2n) is 3.15. The van der Waals surface area contributed by atoms with Gasteiger partial charge in [0, 0.05) is 7.05 Å². The van der Waals surface area contributed by atoms with E-state index < -0.39 is 0 Å². The molecule has 78 valence electrons. The molecule has 0 fully saturated rings. The van der Waals surface area contributed by atoms with Crippen LogP contribution in [0.1, 0.15) is 25.7 Å². The zero-order chi connectivity index (χ0) is 10.7. The number of halogens is 1. The van der Waals surface area contributed by atoms with Crippen molar-refractivity contribution in [1.82, 2.24) is 20.1 Å². The van der Waals surface area contributed by atoms with Gasteiger partial charge in [-0.05, 0) is 13.8 Å². The van der Waals surface area contributed by atoms with Crippen LogP contribution < -0.4 is 5.32 Å². The molecule has 1 heterocycles. The van der Waals surface area contributed by atoms with E-state index in [2.05, 4.69) is 31.4 Å². The number of amides is 1. The molecule has 2 unspecified atom stereocenters. The van der Waals surface area contributed by atoms with Crippen molar-refractivity contribution < 1.29 is 4.79 Å². The fraction of sp³-hybridized carbons (Fsp3) is 0.625. The Kier molecular flexibility index (Phi) is 3.62. The molecule has 1 N–H and O–H groups in total. The van der Waals surface area contributed by atoms with Crippen molar-refractivity contribution in [2.75, 3.05) is 0 Å². The molecule has 0 aliphatic rings. The standard InChI is InChI=1S/C8H13BrN4O/c1-5(9)8(14)11-6(2)7-12-10-4-13(7)3/h4-6H,1-3H3,(H,11,14). The van der Waals surface area contributed by atoms with E-state index in [0.717, 1.165) is 5.82 Å². The van der Waals surface area contributed by atoms with E-state index in [-0.39, 0.29) is 16.8 Å². The quantitative estimate of drug-likeness (QED) is 0.818. The second-order valence-corrected chi connectivity index (χ2v) is 4.52. The SMILES string of the molecule is CC(Br)C(=O)NC(C)c1nncn1C. The highest BCUT2D eigenvalue weighted by atomic mass is 79.9. The highest BCUT2D eigenvalue weighted by Crippen LogP contribution is 2.08. The van der Waals surface area contributed by atoms with Crippen LogP contribution in [-0.2, 0) is 11.8 Å². The van der Waals surface area contributed by atoms with E-state index in [9.17, 15) is 4.79 Å². The Bertz CT molecular complexity index is 323. The van der Waals surface area contributed by atoms with Gasteiger partial charge in [0.2, 0.25) is 5.91 Å². The molecule has 0 aliphatic carbocycles. The Balaban J connectivity index is 2.64. The first-order valence-electron chi connectivity index (χ1n) is 4.30. The van der Waals surface area contributed by atoms with Crippen LogP contribution in [-0.4, -0.2) is 25.5 Å². The third kappa shape index (κ3) is 2.54. The van der Waals surface area contributed by atoms with Gasteiger partial charge in [0.1, 0.15) is 6.33 Å². The molecule has 0 aliphatic heterocycles. The predicted octanol–water partition coefficient (Wildman–Crippen LogP) is 0.776. The lowest BCUT2D eigenvalue weighted by Gasteiger charge is -2.13. The molecular formula is C8H13BrN4O. The summed E-state index contributed by atoms with van der Waals surface area (Å²) in [6.45, 7) is 3.65. The summed E-state index contributed by atoms with van der Waals surface area (Å²) in [6.07, 6.45) is 1.61. The van der Waals surface area contributed by atoms with Crippen molar-refractivity contribution in [3.63, 3.8) is 0 Å². The number of carbonyl (C=O) groups is 1. The molecule has 0 spiro atoms. The third-order valence-corrected chi connectivity index (χ3v) is 2.27. The van der Waals surface area contributed by atoms with Gasteiger partial charge >= 0.3 is 0 Å². The van der Waals surface area contributed by atoms with Crippen molar-refractivity contribution in [2.24, 2.45) is 7.05 Å². The Hall–Kier alpha value is -0.910. The van der Waals surface area contributed by atoms with E-state index in [1.807, 2.05) is 14.0 Å². The Morgan fingerprint density at radius 1 is 1.64 bits per heavy atom. The zero-order valence-corrected chi connectivity index (χ0v) is 9.95. The average molecular weight is 261 g/mol. The summed E-state index contributed by atoms with van der Waals surface area (Å²) >= 11 is 3.20. The first kappa shape index (κ1) is 11.2. The van der Waals surface area contributed by atoms with Crippen molar-refractivity contribution >= 4 is 21.8 Å². The minimum Gasteiger partial charge on any atom is -0.345 e. The van der Waals surface area contributed by atoms with Crippen molar-refractivity contribution in [3.05, 3.63) is 12.2 Å². The monoisotopic (exact) mass is 260 g/mol. The van der Waals surface area contributed by atoms with Gasteiger partial charge in [-0.3, -0.25) is 4.79 Å². The van der Waals surface area contributed by atoms with Gasteiger partial charge in [0.15, 0.2) is 5.82 Å². The largest absolute Gasteiger partial charge is 0.345 e. The normalized spacial score (nSPS) is 14.9. The van der Waals surface area contributed by atoms with Crippen LogP contribution in [0, 0.1) is 0 Å². The van der Waals surface area contributed by atoms with E-state index >= 15 is 0 Å². The molecule has 1 aromatic rings. The summed E-state index contributed by atoms with van der Waals surface area (Å²) in [7, 11) is 1.84. The summed E-state index contributed by atoms with van der Waals surface area (Å²) in [4.78, 5) is 11.1. The molecule has 5 nitrogen and oxygen atoms in total. The van der Waals surface area contributed by atoms with Gasteiger partial charge in [-0.15, -0.1) is 10.2 Å². The number of rotatable bonds is 3. The van der Waals surface area contributed by atoms with Gasteiger partial charge in [-0.25, -0.2) is 0 Å². The number of hydrogen-bond acceptors (Lipinski definition) is 3.